The van der Waals surface area contributed by atoms with Crippen LogP contribution in [0.2, 0.25) is 0 Å². The van der Waals surface area contributed by atoms with Crippen molar-refractivity contribution in [1.82, 2.24) is 0 Å². The van der Waals surface area contributed by atoms with Crippen LogP contribution in [0.15, 0.2) is 71.7 Å². The van der Waals surface area contributed by atoms with Gasteiger partial charge in [-0.3, -0.25) is 4.79 Å². The summed E-state index contributed by atoms with van der Waals surface area (Å²) in [5.41, 5.74) is 4.96. The predicted octanol–water partition coefficient (Wildman–Crippen LogP) is 3.74. The summed E-state index contributed by atoms with van der Waals surface area (Å²) in [6, 6.07) is 22.2. The number of methoxy groups -OCH3 is 1. The highest BCUT2D eigenvalue weighted by Crippen LogP contribution is 2.54. The quantitative estimate of drug-likeness (QED) is 0.664. The van der Waals surface area contributed by atoms with Crippen molar-refractivity contribution >= 4 is 23.1 Å². The second-order valence-electron chi connectivity index (χ2n) is 7.98. The van der Waals surface area contributed by atoms with Crippen LogP contribution in [0.3, 0.4) is 0 Å². The first-order valence-corrected chi connectivity index (χ1v) is 10.2. The zero-order chi connectivity index (χ0) is 20.5. The molecule has 3 aliphatic rings. The van der Waals surface area contributed by atoms with Crippen LogP contribution in [0.5, 0.6) is 5.75 Å². The van der Waals surface area contributed by atoms with Gasteiger partial charge in [-0.1, -0.05) is 48.5 Å². The Bertz CT molecular complexity index is 1230. The zero-order valence-electron chi connectivity index (χ0n) is 16.9. The fraction of sp³-hybridized carbons (Fsp3) is 0.200. The number of carbonyl (C=O) groups excluding carboxylic acids is 1. The summed E-state index contributed by atoms with van der Waals surface area (Å²) in [5.74, 6) is 1.59. The molecule has 0 saturated carbocycles. The monoisotopic (exact) mass is 395 g/mol. The molecule has 6 rings (SSSR count). The van der Waals surface area contributed by atoms with Gasteiger partial charge in [0, 0.05) is 36.0 Å². The highest BCUT2D eigenvalue weighted by molar-refractivity contribution is 6.19. The number of likely N-dealkylation sites (N-methyl/N-ethyl adjacent to an activating group) is 1. The summed E-state index contributed by atoms with van der Waals surface area (Å²) in [6.07, 6.45) is 0.896. The SMILES string of the molecule is COc1cc2c3c(c1)C1(N=C(c4ccccc4)N3CC2)C(=O)N(C)c2ccccc21. The molecule has 1 unspecified atom stereocenters. The van der Waals surface area contributed by atoms with Crippen molar-refractivity contribution in [2.24, 2.45) is 4.99 Å². The van der Waals surface area contributed by atoms with Gasteiger partial charge in [-0.15, -0.1) is 0 Å². The first kappa shape index (κ1) is 17.3. The normalized spacial score (nSPS) is 21.0. The average molecular weight is 395 g/mol. The van der Waals surface area contributed by atoms with Gasteiger partial charge in [-0.05, 0) is 30.2 Å². The standard InChI is InChI=1S/C25H21N3O2/c1-27-21-11-7-6-10-19(21)25(24(27)29)20-15-18(30-2)14-17-12-13-28(22(17)20)23(26-25)16-8-4-3-5-9-16/h3-11,14-15H,12-13H2,1-2H3. The van der Waals surface area contributed by atoms with Crippen molar-refractivity contribution in [3.05, 3.63) is 89.0 Å². The van der Waals surface area contributed by atoms with Crippen LogP contribution in [0.1, 0.15) is 22.3 Å². The van der Waals surface area contributed by atoms with Crippen molar-refractivity contribution in [3.63, 3.8) is 0 Å². The summed E-state index contributed by atoms with van der Waals surface area (Å²) in [4.78, 5) is 23.1. The van der Waals surface area contributed by atoms with E-state index in [0.717, 1.165) is 52.6 Å². The maximum atomic E-state index is 13.9. The maximum absolute atomic E-state index is 13.9. The molecule has 3 aliphatic heterocycles. The van der Waals surface area contributed by atoms with Gasteiger partial charge in [0.2, 0.25) is 0 Å². The third-order valence-corrected chi connectivity index (χ3v) is 6.49. The number of aliphatic imine (C=N–C) groups is 1. The number of anilines is 2. The van der Waals surface area contributed by atoms with E-state index in [1.54, 1.807) is 12.0 Å². The Kier molecular flexibility index (Phi) is 3.43. The van der Waals surface area contributed by atoms with Gasteiger partial charge in [-0.25, -0.2) is 4.99 Å². The molecule has 148 valence electrons. The second kappa shape index (κ2) is 5.95. The number of carbonyl (C=O) groups is 1. The summed E-state index contributed by atoms with van der Waals surface area (Å²) in [6.45, 7) is 0.838. The van der Waals surface area contributed by atoms with Gasteiger partial charge < -0.3 is 14.5 Å². The van der Waals surface area contributed by atoms with Crippen molar-refractivity contribution in [3.8, 4) is 5.75 Å². The molecule has 0 fully saturated rings. The van der Waals surface area contributed by atoms with E-state index >= 15 is 0 Å². The Morgan fingerprint density at radius 1 is 1.00 bits per heavy atom. The number of nitrogens with zero attached hydrogens (tertiary/aromatic N) is 3. The number of amidine groups is 1. The lowest BCUT2D eigenvalue weighted by Crippen LogP contribution is -2.46. The molecular weight excluding hydrogens is 374 g/mol. The fourth-order valence-corrected chi connectivity index (χ4v) is 5.12. The Hall–Kier alpha value is -3.60. The van der Waals surface area contributed by atoms with Gasteiger partial charge in [-0.2, -0.15) is 0 Å². The molecule has 5 heteroatoms. The lowest BCUT2D eigenvalue weighted by Gasteiger charge is -2.37. The molecule has 30 heavy (non-hydrogen) atoms. The van der Waals surface area contributed by atoms with Crippen LogP contribution in [0.4, 0.5) is 11.4 Å². The average Bonchev–Trinajstić information content (AvgIpc) is 3.31. The molecule has 1 atom stereocenters. The topological polar surface area (TPSA) is 45.1 Å². The molecule has 5 nitrogen and oxygen atoms in total. The molecule has 0 bridgehead atoms. The van der Waals surface area contributed by atoms with E-state index in [1.807, 2.05) is 55.6 Å². The molecule has 1 amide bonds. The minimum Gasteiger partial charge on any atom is -0.497 e. The number of rotatable bonds is 2. The number of hydrogen-bond acceptors (Lipinski definition) is 4. The summed E-state index contributed by atoms with van der Waals surface area (Å²) < 4.78 is 5.61. The van der Waals surface area contributed by atoms with Crippen LogP contribution in [0, 0.1) is 0 Å². The van der Waals surface area contributed by atoms with Gasteiger partial charge in [0.25, 0.3) is 5.91 Å². The van der Waals surface area contributed by atoms with E-state index in [1.165, 1.54) is 5.56 Å². The summed E-state index contributed by atoms with van der Waals surface area (Å²) >= 11 is 0. The molecule has 0 saturated heterocycles. The minimum absolute atomic E-state index is 0.0286. The fourth-order valence-electron chi connectivity index (χ4n) is 5.12. The molecule has 3 heterocycles. The predicted molar refractivity (Wildman–Crippen MR) is 118 cm³/mol. The van der Waals surface area contributed by atoms with Crippen molar-refractivity contribution < 1.29 is 9.53 Å². The summed E-state index contributed by atoms with van der Waals surface area (Å²) in [5, 5.41) is 0. The van der Waals surface area contributed by atoms with Crippen LogP contribution < -0.4 is 14.5 Å². The third kappa shape index (κ3) is 2.02. The van der Waals surface area contributed by atoms with Crippen LogP contribution in [-0.2, 0) is 16.8 Å². The molecular formula is C25H21N3O2. The van der Waals surface area contributed by atoms with E-state index in [4.69, 9.17) is 9.73 Å². The highest BCUT2D eigenvalue weighted by Gasteiger charge is 2.56. The lowest BCUT2D eigenvalue weighted by molar-refractivity contribution is -0.121. The van der Waals surface area contributed by atoms with Crippen LogP contribution >= 0.6 is 0 Å². The number of hydrogen-bond donors (Lipinski definition) is 0. The molecule has 0 aliphatic carbocycles. The first-order chi connectivity index (χ1) is 14.6. The number of benzene rings is 3. The van der Waals surface area contributed by atoms with E-state index in [-0.39, 0.29) is 5.91 Å². The number of ether oxygens (including phenoxy) is 1. The van der Waals surface area contributed by atoms with E-state index in [9.17, 15) is 4.79 Å². The first-order valence-electron chi connectivity index (χ1n) is 10.2. The summed E-state index contributed by atoms with van der Waals surface area (Å²) in [7, 11) is 3.51. The van der Waals surface area contributed by atoms with Gasteiger partial charge in [0.05, 0.1) is 12.8 Å². The van der Waals surface area contributed by atoms with Crippen LogP contribution in [0.25, 0.3) is 0 Å². The molecule has 3 aromatic rings. The third-order valence-electron chi connectivity index (χ3n) is 6.49. The maximum Gasteiger partial charge on any atom is 0.264 e. The minimum atomic E-state index is -1.10. The molecule has 3 aromatic carbocycles. The second-order valence-corrected chi connectivity index (χ2v) is 7.98. The van der Waals surface area contributed by atoms with Gasteiger partial charge >= 0.3 is 0 Å². The molecule has 0 radical (unpaired) electrons. The van der Waals surface area contributed by atoms with E-state index in [2.05, 4.69) is 23.1 Å². The number of para-hydroxylation sites is 1. The smallest absolute Gasteiger partial charge is 0.264 e. The lowest BCUT2D eigenvalue weighted by atomic mass is 9.80. The largest absolute Gasteiger partial charge is 0.497 e. The molecule has 1 spiro atoms. The number of fused-ring (bicyclic) bond motifs is 3. The number of amides is 1. The van der Waals surface area contributed by atoms with Gasteiger partial charge in [0.15, 0.2) is 5.54 Å². The van der Waals surface area contributed by atoms with E-state index in [0.29, 0.717) is 0 Å². The zero-order valence-corrected chi connectivity index (χ0v) is 16.9. The molecule has 0 N–H and O–H groups in total. The van der Waals surface area contributed by atoms with Crippen molar-refractivity contribution in [2.45, 2.75) is 12.0 Å². The Morgan fingerprint density at radius 2 is 1.77 bits per heavy atom. The van der Waals surface area contributed by atoms with E-state index < -0.39 is 5.54 Å². The Morgan fingerprint density at radius 3 is 2.57 bits per heavy atom. The van der Waals surface area contributed by atoms with Crippen LogP contribution in [-0.4, -0.2) is 32.4 Å². The Labute approximate surface area is 175 Å². The van der Waals surface area contributed by atoms with Crippen molar-refractivity contribution in [2.75, 3.05) is 30.5 Å². The molecule has 0 aromatic heterocycles. The highest BCUT2D eigenvalue weighted by atomic mass is 16.5. The van der Waals surface area contributed by atoms with Gasteiger partial charge in [0.1, 0.15) is 11.6 Å². The van der Waals surface area contributed by atoms with Crippen molar-refractivity contribution in [1.29, 1.82) is 0 Å². The Balaban J connectivity index is 1.74.